The highest BCUT2D eigenvalue weighted by Crippen LogP contribution is 2.40. The molecule has 0 aliphatic heterocycles. The van der Waals surface area contributed by atoms with Crippen molar-refractivity contribution >= 4 is 17.8 Å². The number of nitrogens with zero attached hydrogens (tertiary/aromatic N) is 3. The van der Waals surface area contributed by atoms with Gasteiger partial charge in [-0.05, 0) is 52.0 Å². The zero-order valence-corrected chi connectivity index (χ0v) is 18.8. The van der Waals surface area contributed by atoms with E-state index in [1.165, 1.54) is 4.68 Å². The van der Waals surface area contributed by atoms with E-state index in [0.29, 0.717) is 23.8 Å². The number of alkyl carbamates (subject to hydrolysis) is 1. The largest absolute Gasteiger partial charge is 0.446 e. The SMILES string of the molecule is COCc1cc(C(=O)Nc2cc([C@H]3CC[C@@H](C(C)OC(=O)NC(C)C)C3)[nH]n2)n(C)n1. The first-order valence-corrected chi connectivity index (χ1v) is 10.6. The van der Waals surface area contributed by atoms with Crippen LogP contribution in [0.5, 0.6) is 0 Å². The number of rotatable bonds is 8. The Morgan fingerprint density at radius 3 is 2.77 bits per heavy atom. The normalized spacial score (nSPS) is 19.4. The molecule has 31 heavy (non-hydrogen) atoms. The predicted molar refractivity (Wildman–Crippen MR) is 115 cm³/mol. The van der Waals surface area contributed by atoms with Crippen molar-refractivity contribution in [1.29, 1.82) is 0 Å². The van der Waals surface area contributed by atoms with E-state index < -0.39 is 0 Å². The van der Waals surface area contributed by atoms with Gasteiger partial charge in [0.1, 0.15) is 11.8 Å². The van der Waals surface area contributed by atoms with Gasteiger partial charge in [0.2, 0.25) is 0 Å². The van der Waals surface area contributed by atoms with Gasteiger partial charge in [-0.25, -0.2) is 4.79 Å². The van der Waals surface area contributed by atoms with Crippen molar-refractivity contribution in [3.63, 3.8) is 0 Å². The second-order valence-corrected chi connectivity index (χ2v) is 8.42. The van der Waals surface area contributed by atoms with Crippen LogP contribution in [0.1, 0.15) is 67.8 Å². The summed E-state index contributed by atoms with van der Waals surface area (Å²) in [6.07, 6.45) is 2.31. The van der Waals surface area contributed by atoms with E-state index in [2.05, 4.69) is 25.9 Å². The molecule has 0 saturated heterocycles. The molecular weight excluding hydrogens is 400 g/mol. The summed E-state index contributed by atoms with van der Waals surface area (Å²) in [7, 11) is 3.30. The third-order valence-corrected chi connectivity index (χ3v) is 5.57. The van der Waals surface area contributed by atoms with Crippen LogP contribution in [0.25, 0.3) is 0 Å². The molecule has 0 aromatic carbocycles. The summed E-state index contributed by atoms with van der Waals surface area (Å²) in [5.74, 6) is 0.765. The van der Waals surface area contributed by atoms with E-state index in [0.717, 1.165) is 25.0 Å². The number of hydrogen-bond acceptors (Lipinski definition) is 6. The molecule has 1 saturated carbocycles. The molecule has 2 heterocycles. The quantitative estimate of drug-likeness (QED) is 0.589. The molecule has 3 atom stereocenters. The van der Waals surface area contributed by atoms with Gasteiger partial charge < -0.3 is 20.1 Å². The first-order chi connectivity index (χ1) is 14.8. The van der Waals surface area contributed by atoms with Gasteiger partial charge in [0.05, 0.1) is 12.3 Å². The molecule has 3 N–H and O–H groups in total. The van der Waals surface area contributed by atoms with E-state index >= 15 is 0 Å². The Bertz CT molecular complexity index is 906. The third kappa shape index (κ3) is 5.84. The van der Waals surface area contributed by atoms with Gasteiger partial charge in [0.25, 0.3) is 5.91 Å². The molecule has 2 aromatic rings. The van der Waals surface area contributed by atoms with Gasteiger partial charge in [-0.2, -0.15) is 10.2 Å². The zero-order chi connectivity index (χ0) is 22.5. The lowest BCUT2D eigenvalue weighted by Gasteiger charge is -2.21. The summed E-state index contributed by atoms with van der Waals surface area (Å²) in [6.45, 7) is 6.09. The van der Waals surface area contributed by atoms with E-state index in [-0.39, 0.29) is 36.0 Å². The summed E-state index contributed by atoms with van der Waals surface area (Å²) in [4.78, 5) is 24.4. The van der Waals surface area contributed by atoms with E-state index in [1.54, 1.807) is 20.2 Å². The van der Waals surface area contributed by atoms with Crippen LogP contribution in [0.2, 0.25) is 0 Å². The Kier molecular flexibility index (Phi) is 7.32. The van der Waals surface area contributed by atoms with Gasteiger partial charge in [0, 0.05) is 37.9 Å². The molecule has 0 bridgehead atoms. The van der Waals surface area contributed by atoms with E-state index in [9.17, 15) is 9.59 Å². The van der Waals surface area contributed by atoms with Crippen LogP contribution in [0.4, 0.5) is 10.6 Å². The number of nitrogens with one attached hydrogen (secondary N) is 3. The minimum Gasteiger partial charge on any atom is -0.446 e. The van der Waals surface area contributed by atoms with Crippen molar-refractivity contribution in [2.75, 3.05) is 12.4 Å². The van der Waals surface area contributed by atoms with Crippen LogP contribution in [0.3, 0.4) is 0 Å². The molecule has 1 aliphatic carbocycles. The number of carbonyl (C=O) groups is 2. The molecule has 170 valence electrons. The number of aromatic nitrogens is 4. The first kappa shape index (κ1) is 22.8. The predicted octanol–water partition coefficient (Wildman–Crippen LogP) is 2.95. The van der Waals surface area contributed by atoms with E-state index in [1.807, 2.05) is 26.8 Å². The van der Waals surface area contributed by atoms with Crippen LogP contribution >= 0.6 is 0 Å². The van der Waals surface area contributed by atoms with Gasteiger partial charge >= 0.3 is 6.09 Å². The topological polar surface area (TPSA) is 123 Å². The minimum absolute atomic E-state index is 0.0487. The fourth-order valence-electron chi connectivity index (χ4n) is 4.01. The minimum atomic E-state index is -0.374. The van der Waals surface area contributed by atoms with Crippen LogP contribution in [-0.2, 0) is 23.1 Å². The lowest BCUT2D eigenvalue weighted by molar-refractivity contribution is 0.0721. The number of methoxy groups -OCH3 is 1. The second-order valence-electron chi connectivity index (χ2n) is 8.42. The van der Waals surface area contributed by atoms with Gasteiger partial charge in [-0.1, -0.05) is 0 Å². The molecular formula is C21H32N6O4. The highest BCUT2D eigenvalue weighted by Gasteiger charge is 2.32. The van der Waals surface area contributed by atoms with E-state index in [4.69, 9.17) is 9.47 Å². The number of ether oxygens (including phenoxy) is 2. The molecule has 1 unspecified atom stereocenters. The van der Waals surface area contributed by atoms with Gasteiger partial charge in [0.15, 0.2) is 5.82 Å². The van der Waals surface area contributed by atoms with Crippen molar-refractivity contribution in [3.8, 4) is 0 Å². The lowest BCUT2D eigenvalue weighted by atomic mass is 9.98. The van der Waals surface area contributed by atoms with Crippen LogP contribution < -0.4 is 10.6 Å². The molecule has 1 aliphatic rings. The Labute approximate surface area is 182 Å². The third-order valence-electron chi connectivity index (χ3n) is 5.57. The summed E-state index contributed by atoms with van der Waals surface area (Å²) in [6, 6.07) is 3.62. The summed E-state index contributed by atoms with van der Waals surface area (Å²) in [5, 5.41) is 17.1. The summed E-state index contributed by atoms with van der Waals surface area (Å²) in [5.41, 5.74) is 2.10. The molecule has 10 heteroatoms. The Morgan fingerprint density at radius 2 is 2.06 bits per heavy atom. The molecule has 10 nitrogen and oxygen atoms in total. The average Bonchev–Trinajstić information content (AvgIpc) is 3.40. The van der Waals surface area contributed by atoms with Gasteiger partial charge in [-0.15, -0.1) is 0 Å². The zero-order valence-electron chi connectivity index (χ0n) is 18.8. The Morgan fingerprint density at radius 1 is 1.29 bits per heavy atom. The smallest absolute Gasteiger partial charge is 0.407 e. The number of aromatic amines is 1. The maximum atomic E-state index is 12.6. The maximum Gasteiger partial charge on any atom is 0.407 e. The number of carbonyl (C=O) groups excluding carboxylic acids is 2. The van der Waals surface area contributed by atoms with Crippen LogP contribution in [-0.4, -0.2) is 51.2 Å². The Balaban J connectivity index is 1.55. The van der Waals surface area contributed by atoms with Crippen molar-refractivity contribution < 1.29 is 19.1 Å². The monoisotopic (exact) mass is 432 g/mol. The molecule has 0 spiro atoms. The second kappa shape index (κ2) is 9.95. The van der Waals surface area contributed by atoms with Crippen LogP contribution in [0.15, 0.2) is 12.1 Å². The molecule has 2 amide bonds. The lowest BCUT2D eigenvalue weighted by Crippen LogP contribution is -2.34. The average molecular weight is 433 g/mol. The van der Waals surface area contributed by atoms with Crippen LogP contribution in [0, 0.1) is 5.92 Å². The number of hydrogen-bond donors (Lipinski definition) is 3. The van der Waals surface area contributed by atoms with Crippen molar-refractivity contribution in [1.82, 2.24) is 25.3 Å². The molecule has 3 rings (SSSR count). The number of amides is 2. The summed E-state index contributed by atoms with van der Waals surface area (Å²) < 4.78 is 12.1. The van der Waals surface area contributed by atoms with Crippen molar-refractivity contribution in [3.05, 3.63) is 29.2 Å². The number of anilines is 1. The van der Waals surface area contributed by atoms with Crippen molar-refractivity contribution in [2.45, 2.75) is 64.7 Å². The fourth-order valence-corrected chi connectivity index (χ4v) is 4.01. The molecule has 1 fully saturated rings. The first-order valence-electron chi connectivity index (χ1n) is 10.6. The highest BCUT2D eigenvalue weighted by atomic mass is 16.6. The number of aryl methyl sites for hydroxylation is 1. The number of H-pyrrole nitrogens is 1. The highest BCUT2D eigenvalue weighted by molar-refractivity contribution is 6.02. The summed E-state index contributed by atoms with van der Waals surface area (Å²) >= 11 is 0. The fraction of sp³-hybridized carbons (Fsp3) is 0.619. The molecule has 0 radical (unpaired) electrons. The molecule has 2 aromatic heterocycles. The van der Waals surface area contributed by atoms with Gasteiger partial charge in [-0.3, -0.25) is 14.6 Å². The van der Waals surface area contributed by atoms with Crippen molar-refractivity contribution in [2.24, 2.45) is 13.0 Å². The maximum absolute atomic E-state index is 12.6. The standard InChI is InChI=1S/C21H32N6O4/c1-12(2)22-21(29)31-13(3)14-6-7-15(8-14)17-10-19(25-24-17)23-20(28)18-9-16(11-30-5)26-27(18)4/h9-10,12-15H,6-8,11H2,1-5H3,(H,22,29)(H2,23,24,25,28)/t13?,14-,15+/m1/s1. The Hall–Kier alpha value is -2.88.